The van der Waals surface area contributed by atoms with Gasteiger partial charge in [0.05, 0.1) is 60.6 Å². The number of hydrogen-bond donors (Lipinski definition) is 2. The molecule has 0 spiro atoms. The van der Waals surface area contributed by atoms with Crippen LogP contribution in [0.4, 0.5) is 33.1 Å². The number of carbonyl (C=O) groups excluding carboxylic acids is 1. The number of hydroxylamine groups is 1. The number of anilines is 5. The van der Waals surface area contributed by atoms with Crippen LogP contribution >= 0.6 is 11.6 Å². The number of halogens is 2. The first kappa shape index (κ1) is 26.3. The summed E-state index contributed by atoms with van der Waals surface area (Å²) in [5, 5.41) is 7.95. The monoisotopic (exact) mass is 566 g/mol. The fourth-order valence-electron chi connectivity index (χ4n) is 5.44. The van der Waals surface area contributed by atoms with Gasteiger partial charge in [0.1, 0.15) is 23.7 Å². The number of rotatable bonds is 8. The smallest absolute Gasteiger partial charge is 0.247 e. The zero-order valence-electron chi connectivity index (χ0n) is 21.8. The topological polar surface area (TPSA) is 101 Å². The third-order valence-corrected chi connectivity index (χ3v) is 7.63. The van der Waals surface area contributed by atoms with Gasteiger partial charge in [0.15, 0.2) is 5.82 Å². The fraction of sp³-hybridized carbons (Fsp3) is 0.321. The number of fused-ring (bicyclic) bond motifs is 2. The van der Waals surface area contributed by atoms with Gasteiger partial charge in [0, 0.05) is 25.1 Å². The highest BCUT2D eigenvalue weighted by molar-refractivity contribution is 6.30. The van der Waals surface area contributed by atoms with Gasteiger partial charge in [-0.3, -0.25) is 9.63 Å². The maximum atomic E-state index is 13.7. The average Bonchev–Trinajstić information content (AvgIpc) is 3.73. The molecule has 0 saturated carbocycles. The maximum Gasteiger partial charge on any atom is 0.247 e. The minimum atomic E-state index is -0.474. The molecule has 4 heterocycles. The van der Waals surface area contributed by atoms with E-state index in [1.807, 2.05) is 12.1 Å². The fourth-order valence-corrected chi connectivity index (χ4v) is 5.63. The molecule has 3 saturated heterocycles. The molecule has 3 aliphatic rings. The van der Waals surface area contributed by atoms with Crippen molar-refractivity contribution in [3.63, 3.8) is 0 Å². The number of aromatic nitrogens is 2. The predicted molar refractivity (Wildman–Crippen MR) is 150 cm³/mol. The third-order valence-electron chi connectivity index (χ3n) is 7.35. The van der Waals surface area contributed by atoms with Gasteiger partial charge in [-0.25, -0.2) is 19.4 Å². The second-order valence-corrected chi connectivity index (χ2v) is 10.2. The number of amides is 1. The van der Waals surface area contributed by atoms with Gasteiger partial charge in [-0.2, -0.15) is 0 Å². The van der Waals surface area contributed by atoms with Crippen LogP contribution in [0.3, 0.4) is 0 Å². The number of hydrogen-bond acceptors (Lipinski definition) is 9. The molecular weight excluding hydrogens is 539 g/mol. The van der Waals surface area contributed by atoms with Crippen molar-refractivity contribution in [2.45, 2.75) is 31.0 Å². The molecule has 1 amide bonds. The number of methoxy groups -OCH3 is 1. The van der Waals surface area contributed by atoms with Crippen molar-refractivity contribution in [1.82, 2.24) is 9.97 Å². The van der Waals surface area contributed by atoms with E-state index in [1.165, 1.54) is 18.5 Å². The Labute approximate surface area is 235 Å². The van der Waals surface area contributed by atoms with Gasteiger partial charge in [0.25, 0.3) is 0 Å². The number of carbonyl (C=O) groups is 1. The molecule has 208 valence electrons. The van der Waals surface area contributed by atoms with Crippen LogP contribution < -0.4 is 25.3 Å². The lowest BCUT2D eigenvalue weighted by molar-refractivity contribution is -0.111. The Balaban J connectivity index is 1.30. The van der Waals surface area contributed by atoms with Crippen LogP contribution in [-0.2, 0) is 14.4 Å². The van der Waals surface area contributed by atoms with Crippen molar-refractivity contribution >= 4 is 46.2 Å². The molecule has 3 aromatic rings. The molecule has 2 aromatic carbocycles. The Morgan fingerprint density at radius 3 is 2.85 bits per heavy atom. The summed E-state index contributed by atoms with van der Waals surface area (Å²) >= 11 is 6.03. The number of nitrogens with one attached hydrogen (secondary N) is 2. The molecule has 40 heavy (non-hydrogen) atoms. The summed E-state index contributed by atoms with van der Waals surface area (Å²) in [7, 11) is 1.59. The summed E-state index contributed by atoms with van der Waals surface area (Å²) < 4.78 is 25.2. The zero-order valence-corrected chi connectivity index (χ0v) is 22.5. The minimum Gasteiger partial charge on any atom is -0.494 e. The Morgan fingerprint density at radius 1 is 1.25 bits per heavy atom. The number of benzene rings is 2. The van der Waals surface area contributed by atoms with Crippen LogP contribution in [0.2, 0.25) is 5.02 Å². The standard InChI is InChI=1S/C28H28ClFN6O4/c1-3-28(37)34-21-10-22(25(38-2)11-24(21)35-13-18-9-17(35)14-39-18)33-26-12-27(32-15-31-26)36-23(6-7-40-36)16-4-5-20(30)19(29)8-16/h3-5,8,10-12,15,17-18,23H,1,6-7,9,13-14H2,2H3,(H,34,37)(H,31,32,33)/t17-,18-,23-/m1/s1. The molecule has 10 nitrogen and oxygen atoms in total. The number of morpholine rings is 1. The van der Waals surface area contributed by atoms with Crippen molar-refractivity contribution in [3.05, 3.63) is 71.8 Å². The van der Waals surface area contributed by atoms with Crippen LogP contribution in [0, 0.1) is 5.82 Å². The van der Waals surface area contributed by atoms with Crippen LogP contribution in [0.5, 0.6) is 5.75 Å². The Bertz CT molecular complexity index is 1460. The summed E-state index contributed by atoms with van der Waals surface area (Å²) in [5.74, 6) is 0.784. The molecule has 6 rings (SSSR count). The highest BCUT2D eigenvalue weighted by Crippen LogP contribution is 2.43. The molecule has 0 unspecified atom stereocenters. The molecule has 0 radical (unpaired) electrons. The van der Waals surface area contributed by atoms with Crippen LogP contribution in [0.15, 0.2) is 55.4 Å². The second kappa shape index (κ2) is 10.9. The Hall–Kier alpha value is -3.93. The maximum absolute atomic E-state index is 13.7. The summed E-state index contributed by atoms with van der Waals surface area (Å²) in [6.07, 6.45) is 4.47. The summed E-state index contributed by atoms with van der Waals surface area (Å²) in [6.45, 7) is 5.44. The van der Waals surface area contributed by atoms with Crippen molar-refractivity contribution in [2.24, 2.45) is 0 Å². The molecular formula is C28H28ClFN6O4. The second-order valence-electron chi connectivity index (χ2n) is 9.78. The molecule has 12 heteroatoms. The zero-order chi connectivity index (χ0) is 27.8. The predicted octanol–water partition coefficient (Wildman–Crippen LogP) is 5.01. The van der Waals surface area contributed by atoms with Crippen molar-refractivity contribution in [3.8, 4) is 5.75 Å². The number of ether oxygens (including phenoxy) is 2. The van der Waals surface area contributed by atoms with E-state index in [1.54, 1.807) is 30.4 Å². The number of nitrogens with zero attached hydrogens (tertiary/aromatic N) is 4. The van der Waals surface area contributed by atoms with Crippen molar-refractivity contribution in [2.75, 3.05) is 47.5 Å². The first-order valence-electron chi connectivity index (χ1n) is 12.9. The van der Waals surface area contributed by atoms with Gasteiger partial charge < -0.3 is 25.0 Å². The van der Waals surface area contributed by atoms with E-state index in [4.69, 9.17) is 25.9 Å². The molecule has 3 atom stereocenters. The highest BCUT2D eigenvalue weighted by Gasteiger charge is 2.40. The Morgan fingerprint density at radius 2 is 2.12 bits per heavy atom. The SMILES string of the molecule is C=CC(=O)Nc1cc(Nc2cc(N3OCC[C@@H]3c3ccc(F)c(Cl)c3)ncn2)c(OC)cc1N1C[C@H]2C[C@@H]1CO2. The largest absolute Gasteiger partial charge is 0.494 e. The molecule has 0 aliphatic carbocycles. The summed E-state index contributed by atoms with van der Waals surface area (Å²) in [6, 6.07) is 10.2. The lowest BCUT2D eigenvalue weighted by atomic mass is 10.0. The highest BCUT2D eigenvalue weighted by atomic mass is 35.5. The summed E-state index contributed by atoms with van der Waals surface area (Å²) in [5.41, 5.74) is 2.88. The molecule has 2 bridgehead atoms. The summed E-state index contributed by atoms with van der Waals surface area (Å²) in [4.78, 5) is 29.2. The van der Waals surface area contributed by atoms with Crippen molar-refractivity contribution < 1.29 is 23.5 Å². The third kappa shape index (κ3) is 5.03. The van der Waals surface area contributed by atoms with E-state index in [-0.39, 0.29) is 29.1 Å². The first-order chi connectivity index (χ1) is 19.4. The lowest BCUT2D eigenvalue weighted by Crippen LogP contribution is -2.37. The van der Waals surface area contributed by atoms with Gasteiger partial charge >= 0.3 is 0 Å². The van der Waals surface area contributed by atoms with E-state index in [9.17, 15) is 9.18 Å². The van der Waals surface area contributed by atoms with Crippen LogP contribution in [0.1, 0.15) is 24.4 Å². The van der Waals surface area contributed by atoms with Crippen molar-refractivity contribution in [1.29, 1.82) is 0 Å². The van der Waals surface area contributed by atoms with Gasteiger partial charge in [-0.15, -0.1) is 0 Å². The quantitative estimate of drug-likeness (QED) is 0.364. The Kier molecular flexibility index (Phi) is 7.18. The van der Waals surface area contributed by atoms with E-state index in [0.29, 0.717) is 48.4 Å². The van der Waals surface area contributed by atoms with E-state index in [0.717, 1.165) is 24.2 Å². The van der Waals surface area contributed by atoms with Gasteiger partial charge in [-0.05, 0) is 36.3 Å². The average molecular weight is 567 g/mol. The normalized spacial score (nSPS) is 21.5. The van der Waals surface area contributed by atoms with Gasteiger partial charge in [0.2, 0.25) is 5.91 Å². The van der Waals surface area contributed by atoms with Crippen LogP contribution in [-0.4, -0.2) is 54.9 Å². The van der Waals surface area contributed by atoms with E-state index >= 15 is 0 Å². The minimum absolute atomic E-state index is 0.0542. The van der Waals surface area contributed by atoms with Crippen LogP contribution in [0.25, 0.3) is 0 Å². The first-order valence-corrected chi connectivity index (χ1v) is 13.3. The molecule has 3 aliphatic heterocycles. The molecule has 2 N–H and O–H groups in total. The molecule has 3 fully saturated rings. The molecule has 1 aromatic heterocycles. The lowest BCUT2D eigenvalue weighted by Gasteiger charge is -2.31. The van der Waals surface area contributed by atoms with E-state index < -0.39 is 5.82 Å². The van der Waals surface area contributed by atoms with E-state index in [2.05, 4.69) is 32.1 Å². The van der Waals surface area contributed by atoms with Gasteiger partial charge in [-0.1, -0.05) is 24.2 Å².